The summed E-state index contributed by atoms with van der Waals surface area (Å²) in [6.45, 7) is 6.26. The van der Waals surface area contributed by atoms with E-state index in [1.165, 1.54) is 0 Å². The number of aromatic nitrogens is 3. The van der Waals surface area contributed by atoms with Crippen LogP contribution in [0.15, 0.2) is 66.9 Å². The van der Waals surface area contributed by atoms with Crippen molar-refractivity contribution in [2.24, 2.45) is 7.05 Å². The first-order chi connectivity index (χ1) is 14.3. The van der Waals surface area contributed by atoms with Crippen molar-refractivity contribution in [1.82, 2.24) is 14.8 Å². The summed E-state index contributed by atoms with van der Waals surface area (Å²) < 4.78 is 7.75. The van der Waals surface area contributed by atoms with Crippen molar-refractivity contribution in [1.29, 1.82) is 0 Å². The molecule has 0 spiro atoms. The summed E-state index contributed by atoms with van der Waals surface area (Å²) in [5, 5.41) is 8.35. The third kappa shape index (κ3) is 4.03. The summed E-state index contributed by atoms with van der Waals surface area (Å²) in [6.07, 6.45) is 1.71. The van der Waals surface area contributed by atoms with Crippen LogP contribution >= 0.6 is 0 Å². The number of ether oxygens (including phenoxy) is 1. The molecular weight excluding hydrogens is 376 g/mol. The fourth-order valence-corrected chi connectivity index (χ4v) is 3.13. The lowest BCUT2D eigenvalue weighted by molar-refractivity contribution is 0.102. The Bertz CT molecular complexity index is 1220. The Morgan fingerprint density at radius 1 is 1.03 bits per heavy atom. The Balaban J connectivity index is 1.56. The second kappa shape index (κ2) is 7.63. The number of carbonyl (C=O) groups excluding carboxylic acids is 1. The van der Waals surface area contributed by atoms with Crippen LogP contribution in [0.1, 0.15) is 36.8 Å². The van der Waals surface area contributed by atoms with Crippen LogP contribution in [0.3, 0.4) is 0 Å². The molecule has 0 saturated carbocycles. The fraction of sp³-hybridized carbons (Fsp3) is 0.208. The molecule has 0 aliphatic heterocycles. The molecule has 4 aromatic rings. The second-order valence-corrected chi connectivity index (χ2v) is 8.20. The first kappa shape index (κ1) is 19.6. The number of nitrogens with one attached hydrogen (secondary N) is 1. The smallest absolute Gasteiger partial charge is 0.256 e. The number of hydrogen-bond donors (Lipinski definition) is 1. The van der Waals surface area contributed by atoms with Crippen molar-refractivity contribution in [2.75, 3.05) is 5.32 Å². The van der Waals surface area contributed by atoms with Crippen LogP contribution in [0.5, 0.6) is 11.5 Å². The van der Waals surface area contributed by atoms with Gasteiger partial charge in [0.2, 0.25) is 0 Å². The van der Waals surface area contributed by atoms with Crippen LogP contribution in [0, 0.1) is 0 Å². The van der Waals surface area contributed by atoms with Gasteiger partial charge in [0.25, 0.3) is 5.91 Å². The third-order valence-electron chi connectivity index (χ3n) is 4.82. The quantitative estimate of drug-likeness (QED) is 0.504. The van der Waals surface area contributed by atoms with E-state index in [2.05, 4.69) is 36.2 Å². The van der Waals surface area contributed by atoms with E-state index in [4.69, 9.17) is 4.74 Å². The lowest BCUT2D eigenvalue weighted by Gasteiger charge is -2.13. The highest BCUT2D eigenvalue weighted by Crippen LogP contribution is 2.29. The van der Waals surface area contributed by atoms with E-state index < -0.39 is 0 Å². The van der Waals surface area contributed by atoms with Gasteiger partial charge in [-0.2, -0.15) is 5.10 Å². The Hall–Kier alpha value is -3.67. The first-order valence-corrected chi connectivity index (χ1v) is 9.79. The predicted octanol–water partition coefficient (Wildman–Crippen LogP) is 5.31. The zero-order valence-corrected chi connectivity index (χ0v) is 17.5. The highest BCUT2D eigenvalue weighted by atomic mass is 16.5. The summed E-state index contributed by atoms with van der Waals surface area (Å²) in [7, 11) is 1.82. The topological polar surface area (TPSA) is 69.0 Å². The Morgan fingerprint density at radius 3 is 2.60 bits per heavy atom. The van der Waals surface area contributed by atoms with Crippen molar-refractivity contribution in [2.45, 2.75) is 26.2 Å². The van der Waals surface area contributed by atoms with Gasteiger partial charge in [-0.3, -0.25) is 14.5 Å². The minimum Gasteiger partial charge on any atom is -0.457 e. The largest absolute Gasteiger partial charge is 0.457 e. The van der Waals surface area contributed by atoms with E-state index in [-0.39, 0.29) is 11.3 Å². The van der Waals surface area contributed by atoms with Crippen molar-refractivity contribution in [3.05, 3.63) is 78.1 Å². The molecule has 2 aromatic carbocycles. The van der Waals surface area contributed by atoms with E-state index >= 15 is 0 Å². The average Bonchev–Trinajstić information content (AvgIpc) is 3.09. The number of pyridine rings is 1. The second-order valence-electron chi connectivity index (χ2n) is 8.20. The normalized spacial score (nSPS) is 11.5. The maximum absolute atomic E-state index is 12.8. The van der Waals surface area contributed by atoms with Crippen molar-refractivity contribution >= 4 is 22.6 Å². The highest BCUT2D eigenvalue weighted by molar-refractivity contribution is 6.04. The van der Waals surface area contributed by atoms with Crippen LogP contribution in [0.4, 0.5) is 5.82 Å². The number of rotatable bonds is 4. The third-order valence-corrected chi connectivity index (χ3v) is 4.82. The summed E-state index contributed by atoms with van der Waals surface area (Å²) in [4.78, 5) is 17.2. The number of nitrogens with zero attached hydrogens (tertiary/aromatic N) is 3. The Kier molecular flexibility index (Phi) is 4.99. The number of anilines is 1. The van der Waals surface area contributed by atoms with E-state index in [1.807, 2.05) is 49.5 Å². The molecule has 1 N–H and O–H groups in total. The van der Waals surface area contributed by atoms with Gasteiger partial charge in [-0.25, -0.2) is 0 Å². The molecule has 1 amide bonds. The van der Waals surface area contributed by atoms with Gasteiger partial charge in [0.1, 0.15) is 17.3 Å². The van der Waals surface area contributed by atoms with Gasteiger partial charge in [-0.05, 0) is 36.4 Å². The van der Waals surface area contributed by atoms with Crippen molar-refractivity contribution < 1.29 is 9.53 Å². The van der Waals surface area contributed by atoms with Crippen LogP contribution in [-0.4, -0.2) is 20.7 Å². The number of amides is 1. The molecule has 0 radical (unpaired) electrons. The molecule has 152 valence electrons. The highest BCUT2D eigenvalue weighted by Gasteiger charge is 2.20. The molecule has 2 aromatic heterocycles. The SMILES string of the molecule is Cn1nc(C(C)(C)C)cc1NC(=O)c1cccc(Oc2ccnc3ccccc23)c1. The van der Waals surface area contributed by atoms with Gasteiger partial charge < -0.3 is 10.1 Å². The minimum absolute atomic E-state index is 0.0954. The van der Waals surface area contributed by atoms with Gasteiger partial charge in [0, 0.05) is 35.7 Å². The van der Waals surface area contributed by atoms with Crippen LogP contribution < -0.4 is 10.1 Å². The molecule has 6 heteroatoms. The van der Waals surface area contributed by atoms with Crippen molar-refractivity contribution in [3.63, 3.8) is 0 Å². The van der Waals surface area contributed by atoms with Crippen LogP contribution in [-0.2, 0) is 12.5 Å². The molecule has 6 nitrogen and oxygen atoms in total. The van der Waals surface area contributed by atoms with Crippen LogP contribution in [0.25, 0.3) is 10.9 Å². The fourth-order valence-electron chi connectivity index (χ4n) is 3.13. The Labute approximate surface area is 175 Å². The van der Waals surface area contributed by atoms with Crippen LogP contribution in [0.2, 0.25) is 0 Å². The molecule has 0 bridgehead atoms. The summed E-state index contributed by atoms with van der Waals surface area (Å²) in [5.41, 5.74) is 2.18. The molecule has 30 heavy (non-hydrogen) atoms. The molecule has 0 saturated heterocycles. The maximum Gasteiger partial charge on any atom is 0.256 e. The summed E-state index contributed by atoms with van der Waals surface area (Å²) in [6, 6.07) is 18.6. The van der Waals surface area contributed by atoms with E-state index in [1.54, 1.807) is 29.1 Å². The lowest BCUT2D eigenvalue weighted by atomic mass is 9.92. The molecule has 0 aliphatic carbocycles. The molecule has 4 rings (SSSR count). The molecule has 0 unspecified atom stereocenters. The number of para-hydroxylation sites is 1. The zero-order chi connectivity index (χ0) is 21.3. The minimum atomic E-state index is -0.219. The van der Waals surface area contributed by atoms with Gasteiger partial charge in [0.15, 0.2) is 0 Å². The number of aryl methyl sites for hydroxylation is 1. The average molecular weight is 400 g/mol. The maximum atomic E-state index is 12.8. The summed E-state index contributed by atoms with van der Waals surface area (Å²) >= 11 is 0. The zero-order valence-electron chi connectivity index (χ0n) is 17.5. The predicted molar refractivity (Wildman–Crippen MR) is 118 cm³/mol. The van der Waals surface area contributed by atoms with Gasteiger partial charge >= 0.3 is 0 Å². The van der Waals surface area contributed by atoms with Gasteiger partial charge in [-0.15, -0.1) is 0 Å². The number of carbonyl (C=O) groups is 1. The van der Waals surface area contributed by atoms with E-state index in [9.17, 15) is 4.79 Å². The van der Waals surface area contributed by atoms with Crippen molar-refractivity contribution in [3.8, 4) is 11.5 Å². The number of benzene rings is 2. The molecule has 2 heterocycles. The van der Waals surface area contributed by atoms with Gasteiger partial charge in [0.05, 0.1) is 11.2 Å². The summed E-state index contributed by atoms with van der Waals surface area (Å²) in [5.74, 6) is 1.71. The van der Waals surface area contributed by atoms with E-state index in [0.717, 1.165) is 16.6 Å². The lowest BCUT2D eigenvalue weighted by Crippen LogP contribution is -2.14. The number of hydrogen-bond acceptors (Lipinski definition) is 4. The molecular formula is C24H24N4O2. The van der Waals surface area contributed by atoms with Gasteiger partial charge in [-0.1, -0.05) is 39.0 Å². The monoisotopic (exact) mass is 400 g/mol. The molecule has 0 fully saturated rings. The number of fused-ring (bicyclic) bond motifs is 1. The van der Waals surface area contributed by atoms with E-state index in [0.29, 0.717) is 22.9 Å². The molecule has 0 aliphatic rings. The first-order valence-electron chi connectivity index (χ1n) is 9.79. The molecule has 0 atom stereocenters. The Morgan fingerprint density at radius 2 is 1.83 bits per heavy atom. The standard InChI is InChI=1S/C24H24N4O2/c1-24(2,3)21-15-22(28(4)27-21)26-23(29)16-8-7-9-17(14-16)30-20-12-13-25-19-11-6-5-10-18(19)20/h5-15H,1-4H3,(H,26,29).